The first-order valence-electron chi connectivity index (χ1n) is 8.55. The number of tetrazole rings is 1. The predicted molar refractivity (Wildman–Crippen MR) is 102 cm³/mol. The molecule has 0 aliphatic carbocycles. The summed E-state index contributed by atoms with van der Waals surface area (Å²) in [5.74, 6) is 0.249. The van der Waals surface area contributed by atoms with E-state index in [1.54, 1.807) is 12.1 Å². The van der Waals surface area contributed by atoms with Crippen molar-refractivity contribution in [1.29, 1.82) is 0 Å². The third-order valence-corrected chi connectivity index (χ3v) is 4.32. The molecular weight excluding hydrogens is 350 g/mol. The zero-order valence-corrected chi connectivity index (χ0v) is 15.5. The summed E-state index contributed by atoms with van der Waals surface area (Å²) >= 11 is 5.99. The lowest BCUT2D eigenvalue weighted by molar-refractivity contribution is -0.117. The van der Waals surface area contributed by atoms with Crippen molar-refractivity contribution >= 4 is 23.2 Å². The van der Waals surface area contributed by atoms with Crippen molar-refractivity contribution in [1.82, 2.24) is 20.2 Å². The lowest BCUT2D eigenvalue weighted by atomic mass is 10.0. The van der Waals surface area contributed by atoms with Gasteiger partial charge in [-0.25, -0.2) is 0 Å². The number of benzene rings is 2. The number of hydrogen-bond acceptors (Lipinski definition) is 4. The molecule has 0 aliphatic rings. The van der Waals surface area contributed by atoms with Gasteiger partial charge in [0.1, 0.15) is 6.54 Å². The van der Waals surface area contributed by atoms with Crippen LogP contribution in [-0.4, -0.2) is 26.1 Å². The highest BCUT2D eigenvalue weighted by molar-refractivity contribution is 6.30. The van der Waals surface area contributed by atoms with Gasteiger partial charge in [0.2, 0.25) is 11.7 Å². The van der Waals surface area contributed by atoms with E-state index in [1.165, 1.54) is 4.80 Å². The van der Waals surface area contributed by atoms with Crippen LogP contribution in [-0.2, 0) is 24.2 Å². The lowest BCUT2D eigenvalue weighted by Crippen LogP contribution is -2.22. The van der Waals surface area contributed by atoms with E-state index in [1.807, 2.05) is 30.3 Å². The molecule has 1 N–H and O–H groups in total. The second kappa shape index (κ2) is 8.10. The molecule has 0 spiro atoms. The van der Waals surface area contributed by atoms with Crippen molar-refractivity contribution in [2.45, 2.75) is 33.2 Å². The Hall–Kier alpha value is -2.73. The van der Waals surface area contributed by atoms with Crippen LogP contribution >= 0.6 is 11.6 Å². The maximum atomic E-state index is 12.5. The third-order valence-electron chi connectivity index (χ3n) is 4.08. The second-order valence-corrected chi connectivity index (χ2v) is 6.30. The van der Waals surface area contributed by atoms with E-state index in [2.05, 4.69) is 34.6 Å². The van der Waals surface area contributed by atoms with Crippen LogP contribution in [0.2, 0.25) is 5.02 Å². The number of carbonyl (C=O) groups excluding carboxylic acids is 1. The van der Waals surface area contributed by atoms with Gasteiger partial charge < -0.3 is 5.32 Å². The van der Waals surface area contributed by atoms with Gasteiger partial charge in [-0.2, -0.15) is 4.80 Å². The molecule has 1 heterocycles. The van der Waals surface area contributed by atoms with Crippen molar-refractivity contribution < 1.29 is 4.79 Å². The summed E-state index contributed by atoms with van der Waals surface area (Å²) in [6, 6.07) is 13.3. The molecule has 3 rings (SSSR count). The first kappa shape index (κ1) is 18.1. The highest BCUT2D eigenvalue weighted by Crippen LogP contribution is 2.22. The summed E-state index contributed by atoms with van der Waals surface area (Å²) in [7, 11) is 0. The van der Waals surface area contributed by atoms with E-state index < -0.39 is 0 Å². The monoisotopic (exact) mass is 369 g/mol. The number of carbonyl (C=O) groups is 1. The maximum absolute atomic E-state index is 12.5. The molecule has 0 unspecified atom stereocenters. The average Bonchev–Trinajstić information content (AvgIpc) is 3.10. The van der Waals surface area contributed by atoms with Gasteiger partial charge in [0.05, 0.1) is 0 Å². The molecule has 0 saturated carbocycles. The molecular formula is C19H20ClN5O. The van der Waals surface area contributed by atoms with Gasteiger partial charge in [-0.3, -0.25) is 4.79 Å². The molecule has 1 amide bonds. The summed E-state index contributed by atoms with van der Waals surface area (Å²) in [4.78, 5) is 13.7. The van der Waals surface area contributed by atoms with E-state index in [0.717, 1.165) is 35.2 Å². The van der Waals surface area contributed by atoms with Crippen LogP contribution in [0, 0.1) is 0 Å². The number of anilines is 1. The Bertz CT molecular complexity index is 900. The minimum absolute atomic E-state index is 0.00519. The minimum atomic E-state index is -0.185. The number of rotatable bonds is 6. The van der Waals surface area contributed by atoms with Crippen LogP contribution in [0.3, 0.4) is 0 Å². The Morgan fingerprint density at radius 2 is 1.81 bits per heavy atom. The fourth-order valence-corrected chi connectivity index (χ4v) is 2.95. The van der Waals surface area contributed by atoms with Gasteiger partial charge in [0.15, 0.2) is 0 Å². The van der Waals surface area contributed by atoms with E-state index in [9.17, 15) is 4.79 Å². The van der Waals surface area contributed by atoms with Gasteiger partial charge in [0.25, 0.3) is 0 Å². The number of hydrogen-bond donors (Lipinski definition) is 1. The fraction of sp³-hybridized carbons (Fsp3) is 0.263. The molecule has 0 atom stereocenters. The number of halogens is 1. The lowest BCUT2D eigenvalue weighted by Gasteiger charge is -2.14. The fourth-order valence-electron chi connectivity index (χ4n) is 2.76. The highest BCUT2D eigenvalue weighted by Gasteiger charge is 2.13. The first-order valence-corrected chi connectivity index (χ1v) is 8.92. The molecule has 3 aromatic rings. The number of aryl methyl sites for hydroxylation is 2. The Morgan fingerprint density at radius 1 is 1.12 bits per heavy atom. The van der Waals surface area contributed by atoms with Gasteiger partial charge in [-0.15, -0.1) is 10.2 Å². The molecule has 6 nitrogen and oxygen atoms in total. The molecule has 26 heavy (non-hydrogen) atoms. The largest absolute Gasteiger partial charge is 0.324 e. The van der Waals surface area contributed by atoms with Crippen molar-refractivity contribution in [3.8, 4) is 11.4 Å². The topological polar surface area (TPSA) is 72.7 Å². The van der Waals surface area contributed by atoms with Crippen molar-refractivity contribution in [2.24, 2.45) is 0 Å². The van der Waals surface area contributed by atoms with Gasteiger partial charge in [0, 0.05) is 16.3 Å². The molecule has 2 aromatic carbocycles. The standard InChI is InChI=1S/C19H20ClN5O/c1-3-13-7-5-8-14(4-2)18(13)21-17(26)12-25-23-19(22-24-25)15-9-6-10-16(20)11-15/h5-11H,3-4,12H2,1-2H3,(H,21,26). The smallest absolute Gasteiger partial charge is 0.248 e. The first-order chi connectivity index (χ1) is 12.6. The molecule has 134 valence electrons. The Balaban J connectivity index is 1.74. The second-order valence-electron chi connectivity index (χ2n) is 5.86. The average molecular weight is 370 g/mol. The predicted octanol–water partition coefficient (Wildman–Crippen LogP) is 3.76. The van der Waals surface area contributed by atoms with Gasteiger partial charge >= 0.3 is 0 Å². The molecule has 0 bridgehead atoms. The summed E-state index contributed by atoms with van der Waals surface area (Å²) in [6.07, 6.45) is 1.70. The van der Waals surface area contributed by atoms with E-state index in [-0.39, 0.29) is 12.5 Å². The van der Waals surface area contributed by atoms with Crippen LogP contribution in [0.25, 0.3) is 11.4 Å². The van der Waals surface area contributed by atoms with E-state index in [0.29, 0.717) is 10.8 Å². The quantitative estimate of drug-likeness (QED) is 0.718. The molecule has 1 aromatic heterocycles. The number of aromatic nitrogens is 4. The summed E-state index contributed by atoms with van der Waals surface area (Å²) in [6.45, 7) is 4.14. The zero-order chi connectivity index (χ0) is 18.5. The summed E-state index contributed by atoms with van der Waals surface area (Å²) in [5.41, 5.74) is 3.87. The van der Waals surface area contributed by atoms with Crippen LogP contribution in [0.4, 0.5) is 5.69 Å². The van der Waals surface area contributed by atoms with E-state index in [4.69, 9.17) is 11.6 Å². The van der Waals surface area contributed by atoms with Crippen molar-refractivity contribution in [3.05, 3.63) is 58.6 Å². The van der Waals surface area contributed by atoms with Gasteiger partial charge in [-0.05, 0) is 41.3 Å². The SMILES string of the molecule is CCc1cccc(CC)c1NC(=O)Cn1nnc(-c2cccc(Cl)c2)n1. The Morgan fingerprint density at radius 3 is 2.46 bits per heavy atom. The number of para-hydroxylation sites is 1. The molecule has 0 radical (unpaired) electrons. The molecule has 0 saturated heterocycles. The Kier molecular flexibility index (Phi) is 5.63. The van der Waals surface area contributed by atoms with E-state index >= 15 is 0 Å². The van der Waals surface area contributed by atoms with Crippen molar-refractivity contribution in [3.63, 3.8) is 0 Å². The molecule has 7 heteroatoms. The normalized spacial score (nSPS) is 10.7. The third kappa shape index (κ3) is 4.08. The molecule has 0 fully saturated rings. The minimum Gasteiger partial charge on any atom is -0.324 e. The number of nitrogens with zero attached hydrogens (tertiary/aromatic N) is 4. The van der Waals surface area contributed by atoms with Crippen molar-refractivity contribution in [2.75, 3.05) is 5.32 Å². The maximum Gasteiger partial charge on any atom is 0.248 e. The zero-order valence-electron chi connectivity index (χ0n) is 14.7. The molecule has 0 aliphatic heterocycles. The number of nitrogens with one attached hydrogen (secondary N) is 1. The van der Waals surface area contributed by atoms with Crippen LogP contribution in [0.5, 0.6) is 0 Å². The highest BCUT2D eigenvalue weighted by atomic mass is 35.5. The number of amides is 1. The summed E-state index contributed by atoms with van der Waals surface area (Å²) in [5, 5.41) is 15.8. The van der Waals surface area contributed by atoms with Crippen LogP contribution in [0.15, 0.2) is 42.5 Å². The van der Waals surface area contributed by atoms with Crippen LogP contribution in [0.1, 0.15) is 25.0 Å². The van der Waals surface area contributed by atoms with Crippen LogP contribution < -0.4 is 5.32 Å². The Labute approximate surface area is 157 Å². The van der Waals surface area contributed by atoms with Gasteiger partial charge in [-0.1, -0.05) is 55.8 Å². The summed E-state index contributed by atoms with van der Waals surface area (Å²) < 4.78 is 0.